The van der Waals surface area contributed by atoms with Crippen molar-refractivity contribution in [3.63, 3.8) is 0 Å². The Morgan fingerprint density at radius 2 is 1.67 bits per heavy atom. The van der Waals surface area contributed by atoms with E-state index in [1.54, 1.807) is 42.5 Å². The third-order valence-electron chi connectivity index (χ3n) is 7.13. The van der Waals surface area contributed by atoms with Crippen LogP contribution in [-0.2, 0) is 16.2 Å². The lowest BCUT2D eigenvalue weighted by Crippen LogP contribution is -2.38. The molecule has 1 amide bonds. The first kappa shape index (κ1) is 28.7. The number of likely N-dealkylation sites (tertiary alicyclic amines) is 1. The van der Waals surface area contributed by atoms with Gasteiger partial charge in [-0.25, -0.2) is 0 Å². The number of amides is 1. The van der Waals surface area contributed by atoms with Crippen LogP contribution in [0, 0.1) is 6.92 Å². The van der Waals surface area contributed by atoms with Gasteiger partial charge in [-0.1, -0.05) is 67.4 Å². The van der Waals surface area contributed by atoms with Gasteiger partial charge in [0.2, 0.25) is 0 Å². The first-order valence-corrected chi connectivity index (χ1v) is 13.7. The summed E-state index contributed by atoms with van der Waals surface area (Å²) in [6.07, 6.45) is 0. The average molecular weight is 568 g/mol. The van der Waals surface area contributed by atoms with Gasteiger partial charge in [-0.2, -0.15) is 0 Å². The normalized spacial score (nSPS) is 16.8. The molecule has 1 unspecified atom stereocenters. The molecule has 1 aliphatic heterocycles. The zero-order valence-corrected chi connectivity index (χ0v) is 23.8. The van der Waals surface area contributed by atoms with Crippen LogP contribution >= 0.6 is 23.2 Å². The zero-order valence-electron chi connectivity index (χ0n) is 22.3. The molecule has 0 radical (unpaired) electrons. The minimum atomic E-state index is -0.799. The zero-order chi connectivity index (χ0) is 28.1. The molecule has 1 N–H and O–H groups in total. The van der Waals surface area contributed by atoms with Crippen LogP contribution in [0.1, 0.15) is 42.1 Å². The van der Waals surface area contributed by atoms with Gasteiger partial charge in [0.15, 0.2) is 0 Å². The number of aryl methyl sites for hydroxylation is 1. The molecule has 0 bridgehead atoms. The highest BCUT2D eigenvalue weighted by Gasteiger charge is 2.46. The number of benzene rings is 3. The number of carbonyl (C=O) groups excluding carboxylic acids is 2. The van der Waals surface area contributed by atoms with Gasteiger partial charge >= 0.3 is 0 Å². The summed E-state index contributed by atoms with van der Waals surface area (Å²) < 4.78 is 5.92. The molecule has 1 atom stereocenters. The number of hydrogen-bond donors (Lipinski definition) is 1. The highest BCUT2D eigenvalue weighted by molar-refractivity contribution is 6.46. The Hall–Kier alpha value is -3.32. The molecule has 1 heterocycles. The quantitative estimate of drug-likeness (QED) is 0.169. The van der Waals surface area contributed by atoms with E-state index in [9.17, 15) is 14.7 Å². The largest absolute Gasteiger partial charge is 0.507 e. The Balaban J connectivity index is 1.66. The first-order valence-electron chi connectivity index (χ1n) is 13.0. The van der Waals surface area contributed by atoms with Crippen LogP contribution in [0.3, 0.4) is 0 Å². The number of halogens is 2. The van der Waals surface area contributed by atoms with E-state index in [4.69, 9.17) is 27.9 Å². The van der Waals surface area contributed by atoms with Crippen molar-refractivity contribution in [2.75, 3.05) is 26.2 Å². The van der Waals surface area contributed by atoms with Crippen LogP contribution in [0.4, 0.5) is 0 Å². The minimum Gasteiger partial charge on any atom is -0.507 e. The van der Waals surface area contributed by atoms with Crippen molar-refractivity contribution in [2.24, 2.45) is 0 Å². The summed E-state index contributed by atoms with van der Waals surface area (Å²) in [5, 5.41) is 12.0. The second-order valence-corrected chi connectivity index (χ2v) is 10.2. The van der Waals surface area contributed by atoms with Crippen LogP contribution in [0.25, 0.3) is 5.76 Å². The summed E-state index contributed by atoms with van der Waals surface area (Å²) in [4.78, 5) is 30.2. The molecule has 0 aliphatic carbocycles. The standard InChI is InChI=1S/C31H32Cl2N2O4/c1-4-34(5-2)16-17-35-28(22-12-15-25(32)26(33)18-22)27(30(37)31(35)38)29(36)21-10-13-24(14-11-21)39-19-23-9-7-6-8-20(23)3/h6-15,18,28,36H,4-5,16-17,19H2,1-3H3. The maximum atomic E-state index is 13.3. The fourth-order valence-electron chi connectivity index (χ4n) is 4.73. The van der Waals surface area contributed by atoms with E-state index in [1.165, 1.54) is 4.90 Å². The van der Waals surface area contributed by atoms with Crippen molar-refractivity contribution in [2.45, 2.75) is 33.4 Å². The van der Waals surface area contributed by atoms with E-state index in [0.29, 0.717) is 46.6 Å². The molecule has 8 heteroatoms. The predicted octanol–water partition coefficient (Wildman–Crippen LogP) is 6.64. The molecule has 0 saturated carbocycles. The summed E-state index contributed by atoms with van der Waals surface area (Å²) in [7, 11) is 0. The molecule has 3 aromatic rings. The van der Waals surface area contributed by atoms with Crippen LogP contribution in [0.2, 0.25) is 10.0 Å². The Labute approximate surface area is 239 Å². The number of likely N-dealkylation sites (N-methyl/N-ethyl adjacent to an activating group) is 1. The summed E-state index contributed by atoms with van der Waals surface area (Å²) in [5.74, 6) is -1.02. The SMILES string of the molecule is CCN(CC)CCN1C(=O)C(=O)C(=C(O)c2ccc(OCc3ccccc3C)cc2)C1c1ccc(Cl)c(Cl)c1. The molecule has 0 spiro atoms. The number of rotatable bonds is 10. The van der Waals surface area contributed by atoms with Gasteiger partial charge in [-0.05, 0) is 73.1 Å². The van der Waals surface area contributed by atoms with E-state index in [0.717, 1.165) is 24.2 Å². The van der Waals surface area contributed by atoms with E-state index in [-0.39, 0.29) is 11.3 Å². The lowest BCUT2D eigenvalue weighted by atomic mass is 9.95. The molecule has 6 nitrogen and oxygen atoms in total. The Morgan fingerprint density at radius 3 is 2.31 bits per heavy atom. The van der Waals surface area contributed by atoms with Gasteiger partial charge in [0.05, 0.1) is 21.7 Å². The lowest BCUT2D eigenvalue weighted by molar-refractivity contribution is -0.140. The third-order valence-corrected chi connectivity index (χ3v) is 7.87. The smallest absolute Gasteiger partial charge is 0.295 e. The summed E-state index contributed by atoms with van der Waals surface area (Å²) in [6, 6.07) is 19.0. The number of hydrogen-bond acceptors (Lipinski definition) is 5. The van der Waals surface area contributed by atoms with Crippen LogP contribution in [0.15, 0.2) is 72.3 Å². The maximum absolute atomic E-state index is 13.3. The first-order chi connectivity index (χ1) is 18.7. The molecule has 1 fully saturated rings. The maximum Gasteiger partial charge on any atom is 0.295 e. The highest BCUT2D eigenvalue weighted by Crippen LogP contribution is 2.41. The van der Waals surface area contributed by atoms with Crippen LogP contribution in [-0.4, -0.2) is 52.8 Å². The average Bonchev–Trinajstić information content (AvgIpc) is 3.19. The number of ether oxygens (including phenoxy) is 1. The van der Waals surface area contributed by atoms with Crippen molar-refractivity contribution in [1.29, 1.82) is 0 Å². The third kappa shape index (κ3) is 6.30. The number of ketones is 1. The second-order valence-electron chi connectivity index (χ2n) is 9.43. The Bertz CT molecular complexity index is 1380. The number of nitrogens with zero attached hydrogens (tertiary/aromatic N) is 2. The van der Waals surface area contributed by atoms with E-state index in [1.807, 2.05) is 45.0 Å². The predicted molar refractivity (Wildman–Crippen MR) is 155 cm³/mol. The monoisotopic (exact) mass is 566 g/mol. The summed E-state index contributed by atoms with van der Waals surface area (Å²) in [6.45, 7) is 9.07. The summed E-state index contributed by atoms with van der Waals surface area (Å²) >= 11 is 12.5. The van der Waals surface area contributed by atoms with E-state index in [2.05, 4.69) is 4.90 Å². The number of Topliss-reactive ketones (excluding diaryl/α,β-unsaturated/α-hetero) is 1. The van der Waals surface area contributed by atoms with Crippen molar-refractivity contribution < 1.29 is 19.4 Å². The van der Waals surface area contributed by atoms with E-state index < -0.39 is 17.7 Å². The van der Waals surface area contributed by atoms with Crippen LogP contribution < -0.4 is 4.74 Å². The lowest BCUT2D eigenvalue weighted by Gasteiger charge is -2.28. The van der Waals surface area contributed by atoms with Crippen molar-refractivity contribution in [3.05, 3.63) is 105 Å². The van der Waals surface area contributed by atoms with E-state index >= 15 is 0 Å². The molecule has 1 aliphatic rings. The van der Waals surface area contributed by atoms with Gasteiger partial charge < -0.3 is 19.6 Å². The topological polar surface area (TPSA) is 70.1 Å². The fraction of sp³-hybridized carbons (Fsp3) is 0.290. The Morgan fingerprint density at radius 1 is 0.974 bits per heavy atom. The van der Waals surface area contributed by atoms with Crippen molar-refractivity contribution >= 4 is 40.7 Å². The molecule has 3 aromatic carbocycles. The molecule has 204 valence electrons. The molecule has 39 heavy (non-hydrogen) atoms. The molecule has 1 saturated heterocycles. The number of aliphatic hydroxyl groups is 1. The van der Waals surface area contributed by atoms with Gasteiger partial charge in [0, 0.05) is 18.7 Å². The highest BCUT2D eigenvalue weighted by atomic mass is 35.5. The number of carbonyl (C=O) groups is 2. The number of aliphatic hydroxyl groups excluding tert-OH is 1. The summed E-state index contributed by atoms with van der Waals surface area (Å²) in [5.41, 5.74) is 3.25. The molecular formula is C31H32Cl2N2O4. The van der Waals surface area contributed by atoms with Crippen molar-refractivity contribution in [3.8, 4) is 5.75 Å². The second kappa shape index (κ2) is 12.7. The molecule has 0 aromatic heterocycles. The van der Waals surface area contributed by atoms with Gasteiger partial charge in [-0.3, -0.25) is 9.59 Å². The van der Waals surface area contributed by atoms with Gasteiger partial charge in [0.25, 0.3) is 11.7 Å². The van der Waals surface area contributed by atoms with Crippen LogP contribution in [0.5, 0.6) is 5.75 Å². The fourth-order valence-corrected chi connectivity index (χ4v) is 5.03. The minimum absolute atomic E-state index is 0.0199. The van der Waals surface area contributed by atoms with Gasteiger partial charge in [0.1, 0.15) is 18.1 Å². The molecular weight excluding hydrogens is 535 g/mol. The van der Waals surface area contributed by atoms with Gasteiger partial charge in [-0.15, -0.1) is 0 Å². The van der Waals surface area contributed by atoms with Crippen molar-refractivity contribution in [1.82, 2.24) is 9.80 Å². The Kier molecular flexibility index (Phi) is 9.33. The molecule has 4 rings (SSSR count).